The van der Waals surface area contributed by atoms with E-state index in [2.05, 4.69) is 74.2 Å². The summed E-state index contributed by atoms with van der Waals surface area (Å²) in [5, 5.41) is 19.9. The number of aliphatic hydroxyl groups is 1. The Morgan fingerprint density at radius 2 is 1.88 bits per heavy atom. The minimum atomic E-state index is 0.169. The lowest BCUT2D eigenvalue weighted by Gasteiger charge is -2.23. The third-order valence-electron chi connectivity index (χ3n) is 7.31. The highest BCUT2D eigenvalue weighted by Gasteiger charge is 2.25. The van der Waals surface area contributed by atoms with Crippen LogP contribution in [0.2, 0.25) is 0 Å². The minimum absolute atomic E-state index is 0.169. The fraction of sp³-hybridized carbons (Fsp3) is 0.419. The van der Waals surface area contributed by atoms with Gasteiger partial charge in [0.15, 0.2) is 0 Å². The number of phenols is 1. The van der Waals surface area contributed by atoms with E-state index >= 15 is 0 Å². The SMILES string of the molecule is CC(C)N1CC[C@@H](c2ccc(/C(=C(/CCCO)C3=CC=C[C@H](C)C3)c3cccc(O)c3)cc2)C1. The third kappa shape index (κ3) is 5.71. The van der Waals surface area contributed by atoms with Crippen LogP contribution in [0.4, 0.5) is 0 Å². The molecule has 0 bridgehead atoms. The Balaban J connectivity index is 1.77. The highest BCUT2D eigenvalue weighted by molar-refractivity contribution is 5.85. The number of nitrogens with zero attached hydrogens (tertiary/aromatic N) is 1. The molecular formula is C31H39NO2. The molecule has 0 radical (unpaired) electrons. The zero-order chi connectivity index (χ0) is 24.1. The van der Waals surface area contributed by atoms with E-state index < -0.39 is 0 Å². The molecular weight excluding hydrogens is 418 g/mol. The predicted octanol–water partition coefficient (Wildman–Crippen LogP) is 6.69. The first-order chi connectivity index (χ1) is 16.5. The Morgan fingerprint density at radius 1 is 1.09 bits per heavy atom. The third-order valence-corrected chi connectivity index (χ3v) is 7.31. The summed E-state index contributed by atoms with van der Waals surface area (Å²) in [5.41, 5.74) is 7.37. The Bertz CT molecular complexity index is 1060. The number of likely N-dealkylation sites (tertiary alicyclic amines) is 1. The number of phenolic OH excluding ortho intramolecular Hbond substituents is 1. The Hall–Kier alpha value is -2.62. The number of aromatic hydroxyl groups is 1. The quantitative estimate of drug-likeness (QED) is 0.464. The molecule has 4 rings (SSSR count). The van der Waals surface area contributed by atoms with Crippen LogP contribution in [0.3, 0.4) is 0 Å². The summed E-state index contributed by atoms with van der Waals surface area (Å²) in [6.45, 7) is 9.28. The molecule has 1 aliphatic heterocycles. The molecule has 3 heteroatoms. The van der Waals surface area contributed by atoms with Crippen LogP contribution >= 0.6 is 0 Å². The summed E-state index contributed by atoms with van der Waals surface area (Å²) in [7, 11) is 0. The monoisotopic (exact) mass is 457 g/mol. The normalized spacial score (nSPS) is 21.6. The molecule has 180 valence electrons. The molecule has 0 amide bonds. The summed E-state index contributed by atoms with van der Waals surface area (Å²) in [6.07, 6.45) is 10.4. The largest absolute Gasteiger partial charge is 0.508 e. The van der Waals surface area contributed by atoms with Gasteiger partial charge in [0.05, 0.1) is 0 Å². The molecule has 1 aliphatic carbocycles. The average Bonchev–Trinajstić information content (AvgIpc) is 3.33. The Kier molecular flexibility index (Phi) is 8.07. The molecule has 2 aromatic carbocycles. The molecule has 0 spiro atoms. The molecule has 0 aromatic heterocycles. The first kappa shape index (κ1) is 24.5. The summed E-state index contributed by atoms with van der Waals surface area (Å²) >= 11 is 0. The van der Waals surface area contributed by atoms with Crippen molar-refractivity contribution in [1.82, 2.24) is 4.90 Å². The maximum Gasteiger partial charge on any atom is 0.116 e. The van der Waals surface area contributed by atoms with Gasteiger partial charge in [-0.05, 0) is 103 Å². The smallest absolute Gasteiger partial charge is 0.116 e. The summed E-state index contributed by atoms with van der Waals surface area (Å²) in [6, 6.07) is 17.3. The molecule has 0 unspecified atom stereocenters. The lowest BCUT2D eigenvalue weighted by molar-refractivity contribution is 0.272. The maximum atomic E-state index is 10.3. The van der Waals surface area contributed by atoms with Crippen LogP contribution in [0.1, 0.15) is 69.1 Å². The van der Waals surface area contributed by atoms with Crippen LogP contribution in [-0.4, -0.2) is 40.9 Å². The van der Waals surface area contributed by atoms with E-state index in [0.29, 0.717) is 17.9 Å². The lowest BCUT2D eigenvalue weighted by atomic mass is 9.82. The van der Waals surface area contributed by atoms with E-state index in [1.807, 2.05) is 12.1 Å². The van der Waals surface area contributed by atoms with Crippen molar-refractivity contribution in [3.63, 3.8) is 0 Å². The van der Waals surface area contributed by atoms with E-state index in [4.69, 9.17) is 0 Å². The molecule has 1 saturated heterocycles. The zero-order valence-corrected chi connectivity index (χ0v) is 20.9. The highest BCUT2D eigenvalue weighted by Crippen LogP contribution is 2.38. The van der Waals surface area contributed by atoms with Crippen molar-refractivity contribution >= 4 is 5.57 Å². The standard InChI is InChI=1S/C31H39NO2/c1-22(2)32-17-16-28(21-32)24-12-14-25(15-13-24)31(27-9-5-10-29(34)20-27)30(11-6-18-33)26-8-4-7-23(3)19-26/h4-5,7-10,12-15,20,22-23,28,33-34H,6,11,16-19,21H2,1-3H3/b31-30+/t23-,28+/m0/s1. The van der Waals surface area contributed by atoms with Crippen molar-refractivity contribution in [1.29, 1.82) is 0 Å². The van der Waals surface area contributed by atoms with Gasteiger partial charge in [-0.15, -0.1) is 0 Å². The fourth-order valence-electron chi connectivity index (χ4n) is 5.40. The Morgan fingerprint density at radius 3 is 2.53 bits per heavy atom. The van der Waals surface area contributed by atoms with E-state index in [1.165, 1.54) is 40.8 Å². The van der Waals surface area contributed by atoms with Crippen molar-refractivity contribution in [3.05, 3.63) is 94.6 Å². The van der Waals surface area contributed by atoms with Gasteiger partial charge in [-0.3, -0.25) is 0 Å². The second-order valence-corrected chi connectivity index (χ2v) is 10.2. The van der Waals surface area contributed by atoms with Crippen LogP contribution in [0.15, 0.2) is 77.9 Å². The fourth-order valence-corrected chi connectivity index (χ4v) is 5.40. The van der Waals surface area contributed by atoms with E-state index in [9.17, 15) is 10.2 Å². The molecule has 2 atom stereocenters. The minimum Gasteiger partial charge on any atom is -0.508 e. The van der Waals surface area contributed by atoms with Crippen molar-refractivity contribution in [3.8, 4) is 5.75 Å². The van der Waals surface area contributed by atoms with Gasteiger partial charge in [-0.25, -0.2) is 0 Å². The van der Waals surface area contributed by atoms with Gasteiger partial charge < -0.3 is 15.1 Å². The molecule has 2 aromatic rings. The zero-order valence-electron chi connectivity index (χ0n) is 20.9. The molecule has 1 fully saturated rings. The molecule has 0 saturated carbocycles. The summed E-state index contributed by atoms with van der Waals surface area (Å²) < 4.78 is 0. The van der Waals surface area contributed by atoms with Crippen LogP contribution in [0, 0.1) is 5.92 Å². The van der Waals surface area contributed by atoms with Gasteiger partial charge in [0, 0.05) is 19.2 Å². The molecule has 3 nitrogen and oxygen atoms in total. The van der Waals surface area contributed by atoms with E-state index in [0.717, 1.165) is 31.4 Å². The molecule has 2 N–H and O–H groups in total. The van der Waals surface area contributed by atoms with Crippen molar-refractivity contribution in [2.75, 3.05) is 19.7 Å². The van der Waals surface area contributed by atoms with Crippen LogP contribution < -0.4 is 0 Å². The van der Waals surface area contributed by atoms with Gasteiger partial charge in [0.25, 0.3) is 0 Å². The lowest BCUT2D eigenvalue weighted by Crippen LogP contribution is -2.27. The number of aliphatic hydroxyl groups excluding tert-OH is 1. The number of benzene rings is 2. The van der Waals surface area contributed by atoms with Gasteiger partial charge >= 0.3 is 0 Å². The summed E-state index contributed by atoms with van der Waals surface area (Å²) in [5.74, 6) is 1.35. The second-order valence-electron chi connectivity index (χ2n) is 10.2. The van der Waals surface area contributed by atoms with E-state index in [-0.39, 0.29) is 12.4 Å². The Labute approximate surface area is 205 Å². The van der Waals surface area contributed by atoms with Crippen LogP contribution in [-0.2, 0) is 0 Å². The van der Waals surface area contributed by atoms with Gasteiger partial charge in [0.2, 0.25) is 0 Å². The average molecular weight is 458 g/mol. The first-order valence-corrected chi connectivity index (χ1v) is 12.8. The second kappa shape index (κ2) is 11.2. The number of hydrogen-bond donors (Lipinski definition) is 2. The topological polar surface area (TPSA) is 43.7 Å². The highest BCUT2D eigenvalue weighted by atomic mass is 16.3. The van der Waals surface area contributed by atoms with Gasteiger partial charge in [0.1, 0.15) is 5.75 Å². The van der Waals surface area contributed by atoms with Crippen molar-refractivity contribution in [2.45, 2.75) is 58.4 Å². The molecule has 34 heavy (non-hydrogen) atoms. The molecule has 1 heterocycles. The van der Waals surface area contributed by atoms with E-state index in [1.54, 1.807) is 6.07 Å². The first-order valence-electron chi connectivity index (χ1n) is 12.8. The number of allylic oxidation sites excluding steroid dienone is 5. The number of rotatable bonds is 8. The van der Waals surface area contributed by atoms with Crippen molar-refractivity contribution < 1.29 is 10.2 Å². The van der Waals surface area contributed by atoms with Crippen molar-refractivity contribution in [2.24, 2.45) is 5.92 Å². The predicted molar refractivity (Wildman–Crippen MR) is 142 cm³/mol. The van der Waals surface area contributed by atoms with Gasteiger partial charge in [-0.2, -0.15) is 0 Å². The van der Waals surface area contributed by atoms with Gasteiger partial charge in [-0.1, -0.05) is 61.5 Å². The maximum absolute atomic E-state index is 10.3. The molecule has 2 aliphatic rings. The summed E-state index contributed by atoms with van der Waals surface area (Å²) in [4.78, 5) is 2.56. The van der Waals surface area contributed by atoms with Crippen LogP contribution in [0.25, 0.3) is 5.57 Å². The number of hydrogen-bond acceptors (Lipinski definition) is 3. The van der Waals surface area contributed by atoms with Crippen LogP contribution in [0.5, 0.6) is 5.75 Å².